The van der Waals surface area contributed by atoms with Crippen LogP contribution in [0.2, 0.25) is 0 Å². The molecule has 0 aliphatic rings. The molecule has 24 heavy (non-hydrogen) atoms. The largest absolute Gasteiger partial charge is 0.349 e. The van der Waals surface area contributed by atoms with Crippen LogP contribution in [0.3, 0.4) is 0 Å². The second-order valence-electron chi connectivity index (χ2n) is 6.03. The zero-order valence-corrected chi connectivity index (χ0v) is 15.8. The first kappa shape index (κ1) is 18.5. The van der Waals surface area contributed by atoms with Gasteiger partial charge in [-0.2, -0.15) is 0 Å². The Labute approximate surface area is 148 Å². The fourth-order valence-electron chi connectivity index (χ4n) is 2.39. The second kappa shape index (κ2) is 8.29. The van der Waals surface area contributed by atoms with E-state index in [-0.39, 0.29) is 11.9 Å². The summed E-state index contributed by atoms with van der Waals surface area (Å²) in [4.78, 5) is 21.2. The zero-order chi connectivity index (χ0) is 17.7. The van der Waals surface area contributed by atoms with Crippen LogP contribution >= 0.6 is 11.8 Å². The minimum atomic E-state index is 0.00639. The fourth-order valence-corrected chi connectivity index (χ4v) is 3.14. The van der Waals surface area contributed by atoms with Gasteiger partial charge in [-0.1, -0.05) is 48.5 Å². The van der Waals surface area contributed by atoms with Crippen LogP contribution in [-0.4, -0.2) is 21.6 Å². The molecule has 1 N–H and O–H groups in total. The molecule has 1 aromatic heterocycles. The summed E-state index contributed by atoms with van der Waals surface area (Å²) in [6.07, 6.45) is 0.860. The van der Waals surface area contributed by atoms with Crippen molar-refractivity contribution in [2.75, 3.05) is 5.75 Å². The van der Waals surface area contributed by atoms with Gasteiger partial charge in [-0.15, -0.1) is 0 Å². The number of carbonyl (C=O) groups is 1. The third-order valence-corrected chi connectivity index (χ3v) is 5.01. The van der Waals surface area contributed by atoms with Gasteiger partial charge in [-0.3, -0.25) is 4.79 Å². The Morgan fingerprint density at radius 2 is 1.67 bits per heavy atom. The zero-order valence-electron chi connectivity index (χ0n) is 15.0. The summed E-state index contributed by atoms with van der Waals surface area (Å²) in [6, 6.07) is 8.34. The first-order valence-electron chi connectivity index (χ1n) is 8.21. The van der Waals surface area contributed by atoms with Crippen molar-refractivity contribution in [1.29, 1.82) is 0 Å². The Morgan fingerprint density at radius 1 is 1.08 bits per heavy atom. The highest BCUT2D eigenvalue weighted by molar-refractivity contribution is 7.99. The molecule has 0 saturated heterocycles. The number of aromatic nitrogens is 2. The van der Waals surface area contributed by atoms with Crippen LogP contribution in [0.5, 0.6) is 0 Å². The standard InChI is InChI=1S/C19H25N3OS/c1-6-17(16-9-7-12(2)8-10-16)22-18(23)11-24-19-20-14(4)13(3)15(5)21-19/h7-10,17H,6,11H2,1-5H3,(H,22,23)/t17-/m0/s1. The first-order chi connectivity index (χ1) is 11.4. The molecule has 2 rings (SSSR count). The lowest BCUT2D eigenvalue weighted by Crippen LogP contribution is -2.29. The number of hydrogen-bond acceptors (Lipinski definition) is 4. The second-order valence-corrected chi connectivity index (χ2v) is 6.97. The summed E-state index contributed by atoms with van der Waals surface area (Å²) >= 11 is 1.38. The fraction of sp³-hybridized carbons (Fsp3) is 0.421. The lowest BCUT2D eigenvalue weighted by Gasteiger charge is -2.17. The number of nitrogens with zero attached hydrogens (tertiary/aromatic N) is 2. The predicted octanol–water partition coefficient (Wildman–Crippen LogP) is 4.07. The lowest BCUT2D eigenvalue weighted by atomic mass is 10.0. The molecule has 0 bridgehead atoms. The summed E-state index contributed by atoms with van der Waals surface area (Å²) < 4.78 is 0. The van der Waals surface area contributed by atoms with E-state index in [1.54, 1.807) is 0 Å². The molecule has 2 aromatic rings. The Kier molecular flexibility index (Phi) is 6.37. The SMILES string of the molecule is CC[C@H](NC(=O)CSc1nc(C)c(C)c(C)n1)c1ccc(C)cc1. The molecule has 0 aliphatic carbocycles. The van der Waals surface area contributed by atoms with Crippen molar-refractivity contribution in [2.24, 2.45) is 0 Å². The predicted molar refractivity (Wildman–Crippen MR) is 99.3 cm³/mol. The van der Waals surface area contributed by atoms with Crippen molar-refractivity contribution in [3.05, 3.63) is 52.3 Å². The van der Waals surface area contributed by atoms with Gasteiger partial charge < -0.3 is 5.32 Å². The molecule has 1 atom stereocenters. The Balaban J connectivity index is 1.96. The minimum absolute atomic E-state index is 0.00639. The Hall–Kier alpha value is -1.88. The molecule has 1 amide bonds. The van der Waals surface area contributed by atoms with E-state index in [2.05, 4.69) is 53.4 Å². The maximum Gasteiger partial charge on any atom is 0.230 e. The van der Waals surface area contributed by atoms with Crippen molar-refractivity contribution >= 4 is 17.7 Å². The molecule has 128 valence electrons. The van der Waals surface area contributed by atoms with Crippen LogP contribution < -0.4 is 5.32 Å². The van der Waals surface area contributed by atoms with Crippen molar-refractivity contribution in [3.8, 4) is 0 Å². The Bertz CT molecular complexity index is 690. The highest BCUT2D eigenvalue weighted by Crippen LogP contribution is 2.19. The van der Waals surface area contributed by atoms with Gasteiger partial charge in [0.15, 0.2) is 5.16 Å². The normalized spacial score (nSPS) is 12.0. The number of amides is 1. The van der Waals surface area contributed by atoms with Gasteiger partial charge in [0.1, 0.15) is 0 Å². The van der Waals surface area contributed by atoms with E-state index < -0.39 is 0 Å². The lowest BCUT2D eigenvalue weighted by molar-refractivity contribution is -0.119. The molecule has 1 aromatic carbocycles. The highest BCUT2D eigenvalue weighted by Gasteiger charge is 2.14. The van der Waals surface area contributed by atoms with Crippen molar-refractivity contribution in [1.82, 2.24) is 15.3 Å². The maximum atomic E-state index is 12.3. The van der Waals surface area contributed by atoms with Crippen molar-refractivity contribution in [2.45, 2.75) is 52.2 Å². The van der Waals surface area contributed by atoms with Crippen molar-refractivity contribution in [3.63, 3.8) is 0 Å². The molecule has 0 radical (unpaired) electrons. The van der Waals surface area contributed by atoms with Crippen LogP contribution in [0.1, 0.15) is 47.5 Å². The van der Waals surface area contributed by atoms with Crippen LogP contribution in [0, 0.1) is 27.7 Å². The third kappa shape index (κ3) is 4.81. The minimum Gasteiger partial charge on any atom is -0.349 e. The van der Waals surface area contributed by atoms with E-state index in [4.69, 9.17) is 0 Å². The molecule has 0 spiro atoms. The maximum absolute atomic E-state index is 12.3. The smallest absolute Gasteiger partial charge is 0.230 e. The summed E-state index contributed by atoms with van der Waals surface area (Å²) in [5.74, 6) is 0.330. The van der Waals surface area contributed by atoms with Gasteiger partial charge in [0.2, 0.25) is 5.91 Å². The number of nitrogens with one attached hydrogen (secondary N) is 1. The highest BCUT2D eigenvalue weighted by atomic mass is 32.2. The molecule has 5 heteroatoms. The molecule has 0 unspecified atom stereocenters. The molecular formula is C19H25N3OS. The number of aryl methyl sites for hydroxylation is 3. The van der Waals surface area contributed by atoms with Crippen LogP contribution in [0.4, 0.5) is 0 Å². The first-order valence-corrected chi connectivity index (χ1v) is 9.19. The van der Waals surface area contributed by atoms with Gasteiger partial charge in [0.05, 0.1) is 11.8 Å². The number of rotatable bonds is 6. The Morgan fingerprint density at radius 3 is 2.21 bits per heavy atom. The van der Waals surface area contributed by atoms with Gasteiger partial charge >= 0.3 is 0 Å². The summed E-state index contributed by atoms with van der Waals surface area (Å²) in [5.41, 5.74) is 5.40. The molecule has 0 aliphatic heterocycles. The number of thioether (sulfide) groups is 1. The molecule has 1 heterocycles. The van der Waals surface area contributed by atoms with Gasteiger partial charge in [0.25, 0.3) is 0 Å². The average molecular weight is 343 g/mol. The van der Waals surface area contributed by atoms with Crippen LogP contribution in [-0.2, 0) is 4.79 Å². The van der Waals surface area contributed by atoms with Gasteiger partial charge in [-0.05, 0) is 45.2 Å². The number of benzene rings is 1. The average Bonchev–Trinajstić information content (AvgIpc) is 2.56. The summed E-state index contributed by atoms with van der Waals surface area (Å²) in [6.45, 7) is 10.1. The monoisotopic (exact) mass is 343 g/mol. The van der Waals surface area contributed by atoms with E-state index in [0.717, 1.165) is 28.9 Å². The van der Waals surface area contributed by atoms with Gasteiger partial charge in [-0.25, -0.2) is 9.97 Å². The number of carbonyl (C=O) groups excluding carboxylic acids is 1. The summed E-state index contributed by atoms with van der Waals surface area (Å²) in [7, 11) is 0. The molecule has 0 saturated carbocycles. The quantitative estimate of drug-likeness (QED) is 0.634. The van der Waals surface area contributed by atoms with Crippen LogP contribution in [0.25, 0.3) is 0 Å². The molecule has 4 nitrogen and oxygen atoms in total. The van der Waals surface area contributed by atoms with E-state index in [1.165, 1.54) is 17.3 Å². The van der Waals surface area contributed by atoms with E-state index in [0.29, 0.717) is 10.9 Å². The van der Waals surface area contributed by atoms with E-state index in [1.807, 2.05) is 20.8 Å². The molecule has 0 fully saturated rings. The van der Waals surface area contributed by atoms with Crippen LogP contribution in [0.15, 0.2) is 29.4 Å². The van der Waals surface area contributed by atoms with Gasteiger partial charge in [0, 0.05) is 11.4 Å². The van der Waals surface area contributed by atoms with E-state index >= 15 is 0 Å². The third-order valence-electron chi connectivity index (χ3n) is 4.17. The molecular weight excluding hydrogens is 318 g/mol. The van der Waals surface area contributed by atoms with Crippen molar-refractivity contribution < 1.29 is 4.79 Å². The number of hydrogen-bond donors (Lipinski definition) is 1. The van der Waals surface area contributed by atoms with E-state index in [9.17, 15) is 4.79 Å². The topological polar surface area (TPSA) is 54.9 Å². The summed E-state index contributed by atoms with van der Waals surface area (Å²) in [5, 5.41) is 3.76.